The zero-order valence-electron chi connectivity index (χ0n) is 10.9. The highest BCUT2D eigenvalue weighted by Crippen LogP contribution is 2.40. The summed E-state index contributed by atoms with van der Waals surface area (Å²) in [5.41, 5.74) is 2.13. The number of halogens is 1. The van der Waals surface area contributed by atoms with E-state index >= 15 is 0 Å². The molecular weight excluding hydrogens is 268 g/mol. The van der Waals surface area contributed by atoms with E-state index in [1.165, 1.54) is 23.6 Å². The third kappa shape index (κ3) is 2.06. The van der Waals surface area contributed by atoms with Crippen LogP contribution in [0.25, 0.3) is 22.2 Å². The van der Waals surface area contributed by atoms with Crippen LogP contribution in [0.3, 0.4) is 0 Å². The number of nitrogens with zero attached hydrogens (tertiary/aromatic N) is 2. The van der Waals surface area contributed by atoms with Gasteiger partial charge in [-0.2, -0.15) is 0 Å². The maximum absolute atomic E-state index is 6.17. The van der Waals surface area contributed by atoms with Gasteiger partial charge >= 0.3 is 0 Å². The number of benzene rings is 2. The highest BCUT2D eigenvalue weighted by molar-refractivity contribution is 6.29. The lowest BCUT2D eigenvalue weighted by Gasteiger charge is -2.07. The van der Waals surface area contributed by atoms with Crippen molar-refractivity contribution < 1.29 is 0 Å². The molecule has 1 saturated carbocycles. The van der Waals surface area contributed by atoms with Crippen LogP contribution < -0.4 is 0 Å². The van der Waals surface area contributed by atoms with Gasteiger partial charge in [-0.25, -0.2) is 9.97 Å². The van der Waals surface area contributed by atoms with Crippen LogP contribution >= 0.6 is 11.6 Å². The maximum Gasteiger partial charge on any atom is 0.161 e. The minimum absolute atomic E-state index is 0.532. The Kier molecular flexibility index (Phi) is 2.71. The number of aromatic nitrogens is 2. The molecule has 0 atom stereocenters. The van der Waals surface area contributed by atoms with Crippen molar-refractivity contribution in [2.24, 2.45) is 0 Å². The van der Waals surface area contributed by atoms with E-state index in [4.69, 9.17) is 16.6 Å². The van der Waals surface area contributed by atoms with Crippen LogP contribution in [0.2, 0.25) is 5.15 Å². The van der Waals surface area contributed by atoms with Gasteiger partial charge in [-0.1, -0.05) is 54.1 Å². The Morgan fingerprint density at radius 3 is 2.60 bits per heavy atom. The molecule has 3 aromatic rings. The SMILES string of the molecule is Clc1cc(C2CC2)nc(-c2cccc3ccccc23)n1. The highest BCUT2D eigenvalue weighted by Gasteiger charge is 2.26. The quantitative estimate of drug-likeness (QED) is 0.629. The monoisotopic (exact) mass is 280 g/mol. The van der Waals surface area contributed by atoms with Gasteiger partial charge in [-0.05, 0) is 29.7 Å². The first-order chi connectivity index (χ1) is 9.81. The maximum atomic E-state index is 6.17. The van der Waals surface area contributed by atoms with Crippen molar-refractivity contribution in [1.82, 2.24) is 9.97 Å². The molecule has 0 aliphatic heterocycles. The second kappa shape index (κ2) is 4.57. The van der Waals surface area contributed by atoms with Gasteiger partial charge in [0.25, 0.3) is 0 Å². The van der Waals surface area contributed by atoms with Crippen molar-refractivity contribution in [3.05, 3.63) is 59.4 Å². The summed E-state index contributed by atoms with van der Waals surface area (Å²) >= 11 is 6.17. The molecule has 1 aliphatic carbocycles. The second-order valence-corrected chi connectivity index (χ2v) is 5.63. The van der Waals surface area contributed by atoms with Crippen LogP contribution in [0.15, 0.2) is 48.5 Å². The third-order valence-electron chi connectivity index (χ3n) is 3.74. The van der Waals surface area contributed by atoms with Gasteiger partial charge in [-0.3, -0.25) is 0 Å². The number of hydrogen-bond acceptors (Lipinski definition) is 2. The standard InChI is InChI=1S/C17H13ClN2/c18-16-10-15(12-8-9-12)19-17(20-16)14-7-3-5-11-4-1-2-6-13(11)14/h1-7,10,12H,8-9H2. The molecule has 4 rings (SSSR count). The van der Waals surface area contributed by atoms with Gasteiger partial charge in [0.2, 0.25) is 0 Å². The van der Waals surface area contributed by atoms with E-state index in [2.05, 4.69) is 29.2 Å². The zero-order chi connectivity index (χ0) is 13.5. The minimum Gasteiger partial charge on any atom is -0.233 e. The molecule has 1 aliphatic rings. The summed E-state index contributed by atoms with van der Waals surface area (Å²) in [7, 11) is 0. The van der Waals surface area contributed by atoms with Crippen molar-refractivity contribution in [2.45, 2.75) is 18.8 Å². The van der Waals surface area contributed by atoms with Crippen molar-refractivity contribution in [3.63, 3.8) is 0 Å². The van der Waals surface area contributed by atoms with Gasteiger partial charge in [0.1, 0.15) is 5.15 Å². The summed E-state index contributed by atoms with van der Waals surface area (Å²) in [6.07, 6.45) is 2.42. The molecule has 1 aromatic heterocycles. The molecule has 2 aromatic carbocycles. The smallest absolute Gasteiger partial charge is 0.161 e. The van der Waals surface area contributed by atoms with Gasteiger partial charge < -0.3 is 0 Å². The molecule has 20 heavy (non-hydrogen) atoms. The molecule has 0 spiro atoms. The highest BCUT2D eigenvalue weighted by atomic mass is 35.5. The Hall–Kier alpha value is -1.93. The summed E-state index contributed by atoms with van der Waals surface area (Å²) in [6, 6.07) is 16.4. The first-order valence-corrected chi connectivity index (χ1v) is 7.22. The molecule has 0 N–H and O–H groups in total. The predicted octanol–water partition coefficient (Wildman–Crippen LogP) is 4.83. The topological polar surface area (TPSA) is 25.8 Å². The molecule has 0 amide bonds. The van der Waals surface area contributed by atoms with Crippen LogP contribution in [0.5, 0.6) is 0 Å². The Morgan fingerprint density at radius 2 is 1.75 bits per heavy atom. The fourth-order valence-corrected chi connectivity index (χ4v) is 2.76. The van der Waals surface area contributed by atoms with Gasteiger partial charge in [0, 0.05) is 17.2 Å². The minimum atomic E-state index is 0.532. The fourth-order valence-electron chi connectivity index (χ4n) is 2.56. The molecule has 2 nitrogen and oxygen atoms in total. The van der Waals surface area contributed by atoms with Crippen molar-refractivity contribution >= 4 is 22.4 Å². The Balaban J connectivity index is 1.94. The molecule has 0 bridgehead atoms. The zero-order valence-corrected chi connectivity index (χ0v) is 11.6. The third-order valence-corrected chi connectivity index (χ3v) is 3.93. The Morgan fingerprint density at radius 1 is 0.950 bits per heavy atom. The van der Waals surface area contributed by atoms with Crippen molar-refractivity contribution in [2.75, 3.05) is 0 Å². The average Bonchev–Trinajstić information content (AvgIpc) is 3.30. The van der Waals surface area contributed by atoms with Crippen molar-refractivity contribution in [3.8, 4) is 11.4 Å². The molecule has 0 radical (unpaired) electrons. The van der Waals surface area contributed by atoms with E-state index < -0.39 is 0 Å². The van der Waals surface area contributed by atoms with Crippen LogP contribution in [-0.4, -0.2) is 9.97 Å². The van der Waals surface area contributed by atoms with E-state index in [1.54, 1.807) is 0 Å². The van der Waals surface area contributed by atoms with E-state index in [1.807, 2.05) is 24.3 Å². The summed E-state index contributed by atoms with van der Waals surface area (Å²) < 4.78 is 0. The Labute approximate surface area is 122 Å². The molecule has 0 saturated heterocycles. The summed E-state index contributed by atoms with van der Waals surface area (Å²) in [4.78, 5) is 9.14. The van der Waals surface area contributed by atoms with Crippen LogP contribution in [0.4, 0.5) is 0 Å². The first kappa shape index (κ1) is 11.9. The van der Waals surface area contributed by atoms with E-state index in [-0.39, 0.29) is 0 Å². The molecule has 98 valence electrons. The van der Waals surface area contributed by atoms with Crippen molar-refractivity contribution in [1.29, 1.82) is 0 Å². The fraction of sp³-hybridized carbons (Fsp3) is 0.176. The lowest BCUT2D eigenvalue weighted by molar-refractivity contribution is 0.995. The van der Waals surface area contributed by atoms with Crippen LogP contribution in [-0.2, 0) is 0 Å². The molecule has 3 heteroatoms. The van der Waals surface area contributed by atoms with E-state index in [0.717, 1.165) is 17.1 Å². The lowest BCUT2D eigenvalue weighted by atomic mass is 10.0. The number of hydrogen-bond donors (Lipinski definition) is 0. The number of fused-ring (bicyclic) bond motifs is 1. The van der Waals surface area contributed by atoms with Gasteiger partial charge in [0.15, 0.2) is 5.82 Å². The molecular formula is C17H13ClN2. The number of rotatable bonds is 2. The predicted molar refractivity (Wildman–Crippen MR) is 82.0 cm³/mol. The average molecular weight is 281 g/mol. The lowest BCUT2D eigenvalue weighted by Crippen LogP contribution is -1.95. The molecule has 1 heterocycles. The van der Waals surface area contributed by atoms with Gasteiger partial charge in [0.05, 0.1) is 0 Å². The summed E-state index contributed by atoms with van der Waals surface area (Å²) in [6.45, 7) is 0. The van der Waals surface area contributed by atoms with E-state index in [0.29, 0.717) is 11.1 Å². The normalized spacial score (nSPS) is 14.7. The Bertz CT molecular complexity index is 789. The first-order valence-electron chi connectivity index (χ1n) is 6.84. The van der Waals surface area contributed by atoms with E-state index in [9.17, 15) is 0 Å². The van der Waals surface area contributed by atoms with Crippen LogP contribution in [0.1, 0.15) is 24.5 Å². The molecule has 0 unspecified atom stereocenters. The largest absolute Gasteiger partial charge is 0.233 e. The van der Waals surface area contributed by atoms with Gasteiger partial charge in [-0.15, -0.1) is 0 Å². The summed E-state index contributed by atoms with van der Waals surface area (Å²) in [5, 5.41) is 2.89. The second-order valence-electron chi connectivity index (χ2n) is 5.24. The summed E-state index contributed by atoms with van der Waals surface area (Å²) in [5.74, 6) is 1.31. The molecule has 1 fully saturated rings. The van der Waals surface area contributed by atoms with Crippen LogP contribution in [0, 0.1) is 0 Å².